The Morgan fingerprint density at radius 1 is 0.800 bits per heavy atom. The summed E-state index contributed by atoms with van der Waals surface area (Å²) in [5, 5.41) is 0.994. The van der Waals surface area contributed by atoms with Gasteiger partial charge in [-0.25, -0.2) is 14.0 Å². The number of hydrogen-bond donors (Lipinski definition) is 1. The van der Waals surface area contributed by atoms with Crippen LogP contribution < -0.4 is 13.9 Å². The summed E-state index contributed by atoms with van der Waals surface area (Å²) in [5.74, 6) is 0.320. The predicted octanol–water partition coefficient (Wildman–Crippen LogP) is 6.34. The molecule has 0 bridgehead atoms. The lowest BCUT2D eigenvalue weighted by Crippen LogP contribution is -2.52. The Morgan fingerprint density at radius 2 is 1.44 bits per heavy atom. The normalized spacial score (nSPS) is 16.0. The first-order valence-corrected chi connectivity index (χ1v) is 18.4. The van der Waals surface area contributed by atoms with Crippen LogP contribution in [0.5, 0.6) is 0 Å². The minimum absolute atomic E-state index is 0.153. The third-order valence-corrected chi connectivity index (χ3v) is 10.9. The van der Waals surface area contributed by atoms with Crippen LogP contribution in [0.1, 0.15) is 25.2 Å². The number of piperazine rings is 1. The minimum Gasteiger partial charge on any atom is -0.360 e. The molecule has 2 amide bonds. The van der Waals surface area contributed by atoms with Gasteiger partial charge in [0.15, 0.2) is 0 Å². The SMILES string of the molecule is CC(C)N1CCN(c2ccc(-c3ccc(Cc4nc(-c5ccc(Cl)cc5Cl)cn4-c4ccc(N5CC(=O)NS5(=O)=O)cc4)cc3)cc2)CC1=O. The van der Waals surface area contributed by atoms with Crippen molar-refractivity contribution < 1.29 is 18.0 Å². The Bertz CT molecular complexity index is 2190. The van der Waals surface area contributed by atoms with E-state index in [0.29, 0.717) is 34.4 Å². The number of anilines is 2. The second kappa shape index (κ2) is 13.5. The Kier molecular flexibility index (Phi) is 9.06. The van der Waals surface area contributed by atoms with Gasteiger partial charge in [-0.2, -0.15) is 8.42 Å². The van der Waals surface area contributed by atoms with E-state index in [1.165, 1.54) is 0 Å². The molecule has 2 aliphatic rings. The van der Waals surface area contributed by atoms with Crippen LogP contribution in [0.3, 0.4) is 0 Å². The molecule has 10 nitrogen and oxygen atoms in total. The van der Waals surface area contributed by atoms with Gasteiger partial charge in [-0.15, -0.1) is 0 Å². The van der Waals surface area contributed by atoms with Gasteiger partial charge >= 0.3 is 10.2 Å². The lowest BCUT2D eigenvalue weighted by atomic mass is 10.0. The number of halogens is 2. The fourth-order valence-corrected chi connectivity index (χ4v) is 8.02. The zero-order valence-corrected chi connectivity index (χ0v) is 29.7. The zero-order valence-electron chi connectivity index (χ0n) is 27.4. The van der Waals surface area contributed by atoms with Crippen LogP contribution >= 0.6 is 23.2 Å². The standard InChI is InChI=1S/C37H34Cl2N6O4S/c1-24(2)43-18-17-42(23-37(43)47)29-10-7-27(8-11-29)26-5-3-25(4-6-26)19-35-40-34(32-16-9-28(38)20-33(32)39)21-44(35)30-12-14-31(15-13-30)45-22-36(46)41-50(45,48)49/h3-16,20-21,24H,17-19,22-23H2,1-2H3,(H,41,46). The van der Waals surface area contributed by atoms with Crippen LogP contribution in [0.4, 0.5) is 11.4 Å². The quantitative estimate of drug-likeness (QED) is 0.200. The van der Waals surface area contributed by atoms with E-state index >= 15 is 0 Å². The van der Waals surface area contributed by atoms with Crippen LogP contribution in [0.2, 0.25) is 10.0 Å². The maximum Gasteiger partial charge on any atom is 0.326 e. The number of carbonyl (C=O) groups excluding carboxylic acids is 2. The molecule has 13 heteroatoms. The number of aromatic nitrogens is 2. The molecule has 0 saturated carbocycles. The number of nitrogens with zero attached hydrogens (tertiary/aromatic N) is 5. The first-order valence-electron chi connectivity index (χ1n) is 16.2. The van der Waals surface area contributed by atoms with Gasteiger partial charge in [0.2, 0.25) is 5.91 Å². The van der Waals surface area contributed by atoms with Crippen molar-refractivity contribution in [3.63, 3.8) is 0 Å². The highest BCUT2D eigenvalue weighted by molar-refractivity contribution is 7.92. The maximum absolute atomic E-state index is 12.6. The number of amides is 2. The molecule has 1 N–H and O–H groups in total. The third kappa shape index (κ3) is 6.81. The third-order valence-electron chi connectivity index (χ3n) is 8.98. The number of benzene rings is 4. The van der Waals surface area contributed by atoms with Crippen LogP contribution in [0.15, 0.2) is 97.2 Å². The molecular weight excluding hydrogens is 695 g/mol. The molecule has 0 atom stereocenters. The Morgan fingerprint density at radius 3 is 2.04 bits per heavy atom. The van der Waals surface area contributed by atoms with E-state index in [1.54, 1.807) is 36.4 Å². The van der Waals surface area contributed by atoms with Gasteiger partial charge in [-0.05, 0) is 85.1 Å². The van der Waals surface area contributed by atoms with Gasteiger partial charge < -0.3 is 14.4 Å². The molecule has 50 heavy (non-hydrogen) atoms. The van der Waals surface area contributed by atoms with Crippen molar-refractivity contribution in [2.45, 2.75) is 26.3 Å². The average Bonchev–Trinajstić information content (AvgIpc) is 3.63. The Balaban J connectivity index is 1.13. The summed E-state index contributed by atoms with van der Waals surface area (Å²) >= 11 is 12.7. The van der Waals surface area contributed by atoms with E-state index in [0.717, 1.165) is 56.8 Å². The van der Waals surface area contributed by atoms with Crippen molar-refractivity contribution >= 4 is 56.6 Å². The number of carbonyl (C=O) groups is 2. The highest BCUT2D eigenvalue weighted by atomic mass is 35.5. The molecule has 0 radical (unpaired) electrons. The van der Waals surface area contributed by atoms with Crippen molar-refractivity contribution in [1.29, 1.82) is 0 Å². The largest absolute Gasteiger partial charge is 0.360 e. The van der Waals surface area contributed by atoms with E-state index in [9.17, 15) is 18.0 Å². The molecule has 0 aliphatic carbocycles. The summed E-state index contributed by atoms with van der Waals surface area (Å²) in [7, 11) is -3.92. The number of imidazole rings is 1. The molecule has 2 fully saturated rings. The number of hydrogen-bond acceptors (Lipinski definition) is 6. The van der Waals surface area contributed by atoms with Gasteiger partial charge in [-0.3, -0.25) is 9.59 Å². The molecule has 7 rings (SSSR count). The summed E-state index contributed by atoms with van der Waals surface area (Å²) in [6, 6.07) is 29.0. The van der Waals surface area contributed by atoms with Crippen LogP contribution in [0, 0.1) is 0 Å². The summed E-state index contributed by atoms with van der Waals surface area (Å²) in [5.41, 5.74) is 6.73. The molecule has 2 aliphatic heterocycles. The van der Waals surface area contributed by atoms with Crippen LogP contribution in [-0.2, 0) is 26.2 Å². The van der Waals surface area contributed by atoms with Crippen molar-refractivity contribution in [3.8, 4) is 28.1 Å². The Labute approximate surface area is 301 Å². The van der Waals surface area contributed by atoms with Gasteiger partial charge in [0.05, 0.1) is 22.9 Å². The maximum atomic E-state index is 12.6. The van der Waals surface area contributed by atoms with Gasteiger partial charge in [0, 0.05) is 53.7 Å². The molecule has 0 unspecified atom stereocenters. The van der Waals surface area contributed by atoms with Crippen molar-refractivity contribution in [2.75, 3.05) is 35.4 Å². The van der Waals surface area contributed by atoms with Gasteiger partial charge in [0.1, 0.15) is 12.4 Å². The predicted molar refractivity (Wildman–Crippen MR) is 197 cm³/mol. The lowest BCUT2D eigenvalue weighted by molar-refractivity contribution is -0.132. The molecular formula is C37H34Cl2N6O4S. The highest BCUT2D eigenvalue weighted by Crippen LogP contribution is 2.32. The monoisotopic (exact) mass is 728 g/mol. The van der Waals surface area contributed by atoms with Gasteiger partial charge in [-0.1, -0.05) is 59.6 Å². The van der Waals surface area contributed by atoms with E-state index < -0.39 is 16.1 Å². The molecule has 2 saturated heterocycles. The van der Waals surface area contributed by atoms with Gasteiger partial charge in [0.25, 0.3) is 5.91 Å². The molecule has 4 aromatic carbocycles. The van der Waals surface area contributed by atoms with Crippen LogP contribution in [0.25, 0.3) is 28.1 Å². The molecule has 256 valence electrons. The van der Waals surface area contributed by atoms with Crippen molar-refractivity contribution in [2.24, 2.45) is 0 Å². The average molecular weight is 730 g/mol. The topological polar surface area (TPSA) is 108 Å². The van der Waals surface area contributed by atoms with Crippen molar-refractivity contribution in [3.05, 3.63) is 119 Å². The number of rotatable bonds is 8. The summed E-state index contributed by atoms with van der Waals surface area (Å²) < 4.78 is 29.7. The summed E-state index contributed by atoms with van der Waals surface area (Å²) in [6.45, 7) is 5.74. The number of nitrogens with one attached hydrogen (secondary N) is 1. The molecule has 0 spiro atoms. The zero-order chi connectivity index (χ0) is 35.2. The van der Waals surface area contributed by atoms with E-state index in [4.69, 9.17) is 28.2 Å². The lowest BCUT2D eigenvalue weighted by Gasteiger charge is -2.37. The van der Waals surface area contributed by atoms with Crippen LogP contribution in [-0.4, -0.2) is 66.9 Å². The fourth-order valence-electron chi connectivity index (χ4n) is 6.37. The minimum atomic E-state index is -3.92. The second-order valence-corrected chi connectivity index (χ2v) is 15.1. The first-order chi connectivity index (χ1) is 23.9. The smallest absolute Gasteiger partial charge is 0.326 e. The van der Waals surface area contributed by atoms with E-state index in [2.05, 4.69) is 53.4 Å². The molecule has 5 aromatic rings. The van der Waals surface area contributed by atoms with E-state index in [-0.39, 0.29) is 18.5 Å². The van der Waals surface area contributed by atoms with Crippen molar-refractivity contribution in [1.82, 2.24) is 19.2 Å². The first kappa shape index (κ1) is 33.6. The summed E-state index contributed by atoms with van der Waals surface area (Å²) in [4.78, 5) is 33.4. The fraction of sp³-hybridized carbons (Fsp3) is 0.216. The molecule has 1 aromatic heterocycles. The molecule has 3 heterocycles. The second-order valence-electron chi connectivity index (χ2n) is 12.6. The summed E-state index contributed by atoms with van der Waals surface area (Å²) in [6.07, 6.45) is 2.39. The highest BCUT2D eigenvalue weighted by Gasteiger charge is 2.34. The Hall–Kier alpha value is -4.84. The van der Waals surface area contributed by atoms with E-state index in [1.807, 2.05) is 40.3 Å².